The highest BCUT2D eigenvalue weighted by molar-refractivity contribution is 5.27. The third kappa shape index (κ3) is 4.71. The molecule has 3 nitrogen and oxygen atoms in total. The van der Waals surface area contributed by atoms with Crippen molar-refractivity contribution in [3.05, 3.63) is 60.1 Å². The van der Waals surface area contributed by atoms with Gasteiger partial charge in [-0.05, 0) is 69.8 Å². The van der Waals surface area contributed by atoms with Gasteiger partial charge < -0.3 is 14.5 Å². The van der Waals surface area contributed by atoms with E-state index in [2.05, 4.69) is 55.6 Å². The smallest absolute Gasteiger partial charge is 0.111 e. The summed E-state index contributed by atoms with van der Waals surface area (Å²) in [5.74, 6) is 2.09. The lowest BCUT2D eigenvalue weighted by Crippen LogP contribution is -2.38. The number of furan rings is 1. The Morgan fingerprint density at radius 3 is 2.71 bits per heavy atom. The number of hydrogen-bond acceptors (Lipinski definition) is 3. The minimum atomic E-state index is 0.0331. The second kappa shape index (κ2) is 8.00. The van der Waals surface area contributed by atoms with Gasteiger partial charge in [0, 0.05) is 12.5 Å². The summed E-state index contributed by atoms with van der Waals surface area (Å²) in [6.45, 7) is 7.35. The van der Waals surface area contributed by atoms with Gasteiger partial charge in [0.25, 0.3) is 0 Å². The van der Waals surface area contributed by atoms with E-state index in [0.29, 0.717) is 11.8 Å². The monoisotopic (exact) mass is 327 g/mol. The van der Waals surface area contributed by atoms with Gasteiger partial charge in [-0.3, -0.25) is 0 Å². The number of benzene rings is 1. The van der Waals surface area contributed by atoms with Crippen LogP contribution >= 0.6 is 0 Å². The van der Waals surface area contributed by atoms with Gasteiger partial charge in [-0.25, -0.2) is 0 Å². The first-order valence-corrected chi connectivity index (χ1v) is 9.07. The number of nitrogens with one attached hydrogen (secondary N) is 1. The summed E-state index contributed by atoms with van der Waals surface area (Å²) in [6.07, 6.45) is 5.12. The number of rotatable bonds is 7. The van der Waals surface area contributed by atoms with E-state index < -0.39 is 0 Å². The number of hydrogen-bond donors (Lipinski definition) is 1. The molecule has 130 valence electrons. The van der Waals surface area contributed by atoms with Crippen LogP contribution in [0.25, 0.3) is 0 Å². The van der Waals surface area contributed by atoms with Crippen molar-refractivity contribution in [2.75, 3.05) is 19.7 Å². The predicted octanol–water partition coefficient (Wildman–Crippen LogP) is 4.60. The second-order valence-corrected chi connectivity index (χ2v) is 7.44. The largest absolute Gasteiger partial charge is 0.469 e. The van der Waals surface area contributed by atoms with Gasteiger partial charge in [0.1, 0.15) is 5.76 Å². The number of ether oxygens (including phenoxy) is 1. The van der Waals surface area contributed by atoms with E-state index >= 15 is 0 Å². The lowest BCUT2D eigenvalue weighted by atomic mass is 9.88. The van der Waals surface area contributed by atoms with E-state index in [1.807, 2.05) is 6.07 Å². The minimum Gasteiger partial charge on any atom is -0.469 e. The predicted molar refractivity (Wildman–Crippen MR) is 97.2 cm³/mol. The van der Waals surface area contributed by atoms with Crippen molar-refractivity contribution in [3.63, 3.8) is 0 Å². The zero-order chi connectivity index (χ0) is 16.8. The van der Waals surface area contributed by atoms with Crippen molar-refractivity contribution in [1.29, 1.82) is 0 Å². The first kappa shape index (κ1) is 17.2. The summed E-state index contributed by atoms with van der Waals surface area (Å²) in [4.78, 5) is 0. The first-order valence-electron chi connectivity index (χ1n) is 9.07. The van der Waals surface area contributed by atoms with Crippen LogP contribution in [0.5, 0.6) is 0 Å². The molecule has 0 saturated carbocycles. The molecular formula is C21H29NO2. The maximum absolute atomic E-state index is 5.81. The van der Waals surface area contributed by atoms with Gasteiger partial charge in [0.2, 0.25) is 0 Å². The van der Waals surface area contributed by atoms with Crippen molar-refractivity contribution >= 4 is 0 Å². The second-order valence-electron chi connectivity index (χ2n) is 7.44. The van der Waals surface area contributed by atoms with E-state index in [1.54, 1.807) is 6.26 Å². The molecule has 1 aliphatic rings. The molecule has 0 radical (unpaired) electrons. The summed E-state index contributed by atoms with van der Waals surface area (Å²) >= 11 is 0. The summed E-state index contributed by atoms with van der Waals surface area (Å²) in [5, 5.41) is 3.66. The molecule has 0 spiro atoms. The molecular weight excluding hydrogens is 298 g/mol. The maximum Gasteiger partial charge on any atom is 0.111 e. The van der Waals surface area contributed by atoms with Crippen molar-refractivity contribution in [2.24, 2.45) is 5.92 Å². The van der Waals surface area contributed by atoms with Crippen LogP contribution in [0.4, 0.5) is 0 Å². The van der Waals surface area contributed by atoms with Gasteiger partial charge in [-0.2, -0.15) is 0 Å². The van der Waals surface area contributed by atoms with Crippen LogP contribution in [0.1, 0.15) is 50.4 Å². The minimum absolute atomic E-state index is 0.0331. The van der Waals surface area contributed by atoms with Gasteiger partial charge in [0.05, 0.1) is 11.9 Å². The molecule has 2 heterocycles. The standard InChI is InChI=1S/C21H29NO2/c1-21(2)15-17(11-14-24-21)16-22-12-10-19(20-9-6-13-23-20)18-7-4-3-5-8-18/h3-9,13,17,19,22H,10-12,14-16H2,1-2H3. The van der Waals surface area contributed by atoms with Crippen molar-refractivity contribution < 1.29 is 9.15 Å². The SMILES string of the molecule is CC1(C)CC(CNCCC(c2ccccc2)c2ccco2)CCO1. The molecule has 1 fully saturated rings. The van der Waals surface area contributed by atoms with Crippen molar-refractivity contribution in [3.8, 4) is 0 Å². The molecule has 0 aliphatic carbocycles. The fourth-order valence-electron chi connectivity index (χ4n) is 3.73. The molecule has 1 aromatic heterocycles. The summed E-state index contributed by atoms with van der Waals surface area (Å²) in [7, 11) is 0. The van der Waals surface area contributed by atoms with E-state index in [0.717, 1.165) is 44.7 Å². The maximum atomic E-state index is 5.81. The Morgan fingerprint density at radius 1 is 1.17 bits per heavy atom. The average Bonchev–Trinajstić information content (AvgIpc) is 3.09. The third-order valence-electron chi connectivity index (χ3n) is 4.93. The highest BCUT2D eigenvalue weighted by atomic mass is 16.5. The Kier molecular flexibility index (Phi) is 5.75. The molecule has 0 bridgehead atoms. The Hall–Kier alpha value is -1.58. The first-order chi connectivity index (χ1) is 11.6. The fraction of sp³-hybridized carbons (Fsp3) is 0.524. The molecule has 24 heavy (non-hydrogen) atoms. The molecule has 1 N–H and O–H groups in total. The van der Waals surface area contributed by atoms with Crippen LogP contribution in [-0.4, -0.2) is 25.3 Å². The van der Waals surface area contributed by atoms with E-state index in [9.17, 15) is 0 Å². The summed E-state index contributed by atoms with van der Waals surface area (Å²) in [5.41, 5.74) is 1.35. The molecule has 0 amide bonds. The van der Waals surface area contributed by atoms with Crippen LogP contribution in [-0.2, 0) is 4.74 Å². The molecule has 3 rings (SSSR count). The topological polar surface area (TPSA) is 34.4 Å². The quantitative estimate of drug-likeness (QED) is 0.755. The summed E-state index contributed by atoms with van der Waals surface area (Å²) < 4.78 is 11.5. The Labute approximate surface area is 145 Å². The molecule has 2 aromatic rings. The molecule has 3 heteroatoms. The molecule has 2 atom stereocenters. The zero-order valence-electron chi connectivity index (χ0n) is 14.8. The molecule has 1 aliphatic heterocycles. The van der Waals surface area contributed by atoms with E-state index in [1.165, 1.54) is 5.56 Å². The van der Waals surface area contributed by atoms with Crippen molar-refractivity contribution in [2.45, 2.75) is 44.6 Å². The normalized spacial score (nSPS) is 21.5. The lowest BCUT2D eigenvalue weighted by molar-refractivity contribution is -0.0717. The van der Waals surface area contributed by atoms with Gasteiger partial charge in [-0.1, -0.05) is 30.3 Å². The van der Waals surface area contributed by atoms with Crippen LogP contribution in [0.15, 0.2) is 53.1 Å². The molecule has 2 unspecified atom stereocenters. The molecule has 1 aromatic carbocycles. The Bertz CT molecular complexity index is 592. The average molecular weight is 327 g/mol. The van der Waals surface area contributed by atoms with Crippen LogP contribution in [0.2, 0.25) is 0 Å². The molecule has 1 saturated heterocycles. The Balaban J connectivity index is 1.51. The fourth-order valence-corrected chi connectivity index (χ4v) is 3.73. The van der Waals surface area contributed by atoms with Crippen LogP contribution in [0.3, 0.4) is 0 Å². The highest BCUT2D eigenvalue weighted by Gasteiger charge is 2.28. The third-order valence-corrected chi connectivity index (χ3v) is 4.93. The van der Waals surface area contributed by atoms with Gasteiger partial charge in [-0.15, -0.1) is 0 Å². The zero-order valence-corrected chi connectivity index (χ0v) is 14.8. The van der Waals surface area contributed by atoms with Crippen molar-refractivity contribution in [1.82, 2.24) is 5.32 Å². The van der Waals surface area contributed by atoms with Crippen LogP contribution in [0, 0.1) is 5.92 Å². The van der Waals surface area contributed by atoms with Gasteiger partial charge in [0.15, 0.2) is 0 Å². The Morgan fingerprint density at radius 2 is 2.00 bits per heavy atom. The van der Waals surface area contributed by atoms with Crippen LogP contribution < -0.4 is 5.32 Å². The highest BCUT2D eigenvalue weighted by Crippen LogP contribution is 2.29. The van der Waals surface area contributed by atoms with E-state index in [-0.39, 0.29) is 5.60 Å². The van der Waals surface area contributed by atoms with Gasteiger partial charge >= 0.3 is 0 Å². The summed E-state index contributed by atoms with van der Waals surface area (Å²) in [6, 6.07) is 14.7. The van der Waals surface area contributed by atoms with E-state index in [4.69, 9.17) is 9.15 Å². The lowest BCUT2D eigenvalue weighted by Gasteiger charge is -2.35.